The average molecular weight is 541 g/mol. The summed E-state index contributed by atoms with van der Waals surface area (Å²) in [5.74, 6) is 1.41. The normalized spacial score (nSPS) is 14.5. The first-order valence-electron chi connectivity index (χ1n) is 13.2. The van der Waals surface area contributed by atoms with E-state index in [0.29, 0.717) is 35.0 Å². The number of ether oxygens (including phenoxy) is 3. The van der Waals surface area contributed by atoms with Crippen molar-refractivity contribution in [3.05, 3.63) is 100.0 Å². The zero-order valence-electron chi connectivity index (χ0n) is 22.8. The Bertz CT molecular complexity index is 1540. The van der Waals surface area contributed by atoms with E-state index < -0.39 is 5.56 Å². The molecule has 2 N–H and O–H groups in total. The molecule has 0 saturated carbocycles. The molecular formula is C31H32N4O5. The van der Waals surface area contributed by atoms with Crippen LogP contribution in [-0.4, -0.2) is 42.1 Å². The Balaban J connectivity index is 1.43. The highest BCUT2D eigenvalue weighted by atomic mass is 16.5. The van der Waals surface area contributed by atoms with Crippen LogP contribution in [0, 0.1) is 13.8 Å². The lowest BCUT2D eigenvalue weighted by atomic mass is 10.1. The van der Waals surface area contributed by atoms with Crippen LogP contribution in [0.3, 0.4) is 0 Å². The van der Waals surface area contributed by atoms with Gasteiger partial charge in [0.05, 0.1) is 25.1 Å². The lowest BCUT2D eigenvalue weighted by molar-refractivity contribution is 0.0858. The summed E-state index contributed by atoms with van der Waals surface area (Å²) in [6.07, 6.45) is 3.56. The molecule has 0 aliphatic carbocycles. The van der Waals surface area contributed by atoms with E-state index in [1.54, 1.807) is 55.6 Å². The first-order chi connectivity index (χ1) is 19.4. The number of carbonyl (C=O) groups is 1. The number of nitrogens with one attached hydrogen (secondary N) is 2. The number of anilines is 2. The average Bonchev–Trinajstić information content (AvgIpc) is 3.50. The van der Waals surface area contributed by atoms with Gasteiger partial charge >= 0.3 is 0 Å². The molecule has 4 aromatic rings. The van der Waals surface area contributed by atoms with Crippen molar-refractivity contribution < 1.29 is 19.0 Å². The minimum Gasteiger partial charge on any atom is -0.497 e. The minimum atomic E-state index is -0.397. The second-order valence-corrected chi connectivity index (χ2v) is 9.65. The molecule has 0 spiro atoms. The molecule has 2 heterocycles. The van der Waals surface area contributed by atoms with Crippen LogP contribution < -0.4 is 25.7 Å². The summed E-state index contributed by atoms with van der Waals surface area (Å²) in [4.78, 5) is 26.3. The summed E-state index contributed by atoms with van der Waals surface area (Å²) >= 11 is 0. The molecule has 1 aliphatic rings. The van der Waals surface area contributed by atoms with Gasteiger partial charge in [-0.15, -0.1) is 0 Å². The molecule has 1 fully saturated rings. The number of amides is 1. The molecule has 0 bridgehead atoms. The zero-order valence-corrected chi connectivity index (χ0v) is 22.8. The number of rotatable bonds is 9. The Morgan fingerprint density at radius 2 is 1.82 bits per heavy atom. The predicted molar refractivity (Wildman–Crippen MR) is 153 cm³/mol. The quantitative estimate of drug-likeness (QED) is 0.297. The van der Waals surface area contributed by atoms with Crippen LogP contribution in [0.4, 0.5) is 11.4 Å². The Morgan fingerprint density at radius 1 is 1.05 bits per heavy atom. The predicted octanol–water partition coefficient (Wildman–Crippen LogP) is 5.30. The van der Waals surface area contributed by atoms with Gasteiger partial charge in [0.15, 0.2) is 11.4 Å². The molecule has 1 aliphatic heterocycles. The lowest BCUT2D eigenvalue weighted by Gasteiger charge is -2.16. The van der Waals surface area contributed by atoms with Crippen LogP contribution in [0.1, 0.15) is 34.3 Å². The third kappa shape index (κ3) is 6.00. The van der Waals surface area contributed by atoms with Crippen molar-refractivity contribution in [3.8, 4) is 22.9 Å². The first-order valence-corrected chi connectivity index (χ1v) is 13.2. The highest BCUT2D eigenvalue weighted by molar-refractivity contribution is 5.94. The van der Waals surface area contributed by atoms with E-state index in [1.807, 2.05) is 32.0 Å². The van der Waals surface area contributed by atoms with Crippen molar-refractivity contribution in [2.45, 2.75) is 32.8 Å². The van der Waals surface area contributed by atoms with Crippen LogP contribution >= 0.6 is 0 Å². The minimum absolute atomic E-state index is 0.0694. The lowest BCUT2D eigenvalue weighted by Crippen LogP contribution is -2.31. The number of methoxy groups -OCH3 is 1. The molecule has 1 aromatic heterocycles. The van der Waals surface area contributed by atoms with E-state index in [-0.39, 0.29) is 23.4 Å². The van der Waals surface area contributed by atoms with Crippen LogP contribution in [0.15, 0.2) is 77.7 Å². The molecule has 9 heteroatoms. The topological polar surface area (TPSA) is 104 Å². The monoisotopic (exact) mass is 540 g/mol. The van der Waals surface area contributed by atoms with Crippen molar-refractivity contribution in [1.29, 1.82) is 0 Å². The molecule has 40 heavy (non-hydrogen) atoms. The van der Waals surface area contributed by atoms with Gasteiger partial charge in [0, 0.05) is 24.4 Å². The fourth-order valence-corrected chi connectivity index (χ4v) is 4.45. The molecule has 0 unspecified atom stereocenters. The van der Waals surface area contributed by atoms with Gasteiger partial charge in [-0.25, -0.2) is 0 Å². The van der Waals surface area contributed by atoms with Gasteiger partial charge in [0.1, 0.15) is 11.5 Å². The number of carbonyl (C=O) groups excluding carboxylic acids is 1. The fourth-order valence-electron chi connectivity index (χ4n) is 4.45. The van der Waals surface area contributed by atoms with Gasteiger partial charge in [-0.05, 0) is 92.4 Å². The maximum absolute atomic E-state index is 13.7. The van der Waals surface area contributed by atoms with Gasteiger partial charge in [0.25, 0.3) is 11.5 Å². The van der Waals surface area contributed by atoms with Crippen LogP contribution in [-0.2, 0) is 4.74 Å². The maximum Gasteiger partial charge on any atom is 0.299 e. The highest BCUT2D eigenvalue weighted by Crippen LogP contribution is 2.32. The van der Waals surface area contributed by atoms with E-state index in [9.17, 15) is 9.59 Å². The van der Waals surface area contributed by atoms with Gasteiger partial charge in [-0.1, -0.05) is 12.1 Å². The van der Waals surface area contributed by atoms with E-state index in [1.165, 1.54) is 10.9 Å². The summed E-state index contributed by atoms with van der Waals surface area (Å²) in [6.45, 7) is 5.19. The molecule has 1 atom stereocenters. The third-order valence-corrected chi connectivity index (χ3v) is 6.97. The molecule has 206 valence electrons. The van der Waals surface area contributed by atoms with Crippen molar-refractivity contribution >= 4 is 17.3 Å². The van der Waals surface area contributed by atoms with E-state index in [2.05, 4.69) is 15.7 Å². The van der Waals surface area contributed by atoms with Crippen molar-refractivity contribution in [2.24, 2.45) is 0 Å². The number of benzene rings is 3. The standard InChI is InChI=1S/C31H32N4O5/c1-20-6-4-8-27(21(20)2)40-28-19-33-35(24-13-15-25(38-3)16-14-24)31(37)29(28)34-23-11-9-22(10-12-23)30(36)32-18-26-7-5-17-39-26/h4,6,8-16,19,26,34H,5,7,17-18H2,1-3H3,(H,32,36)/t26-/m0/s1. The summed E-state index contributed by atoms with van der Waals surface area (Å²) in [5.41, 5.74) is 3.55. The van der Waals surface area contributed by atoms with Crippen LogP contribution in [0.25, 0.3) is 5.69 Å². The number of aromatic nitrogens is 2. The largest absolute Gasteiger partial charge is 0.497 e. The number of hydrogen-bond acceptors (Lipinski definition) is 7. The summed E-state index contributed by atoms with van der Waals surface area (Å²) < 4.78 is 18.3. The molecule has 0 radical (unpaired) electrons. The van der Waals surface area contributed by atoms with E-state index >= 15 is 0 Å². The highest BCUT2D eigenvalue weighted by Gasteiger charge is 2.18. The Kier molecular flexibility index (Phi) is 8.12. The fraction of sp³-hybridized carbons (Fsp3) is 0.258. The van der Waals surface area contributed by atoms with Crippen LogP contribution in [0.2, 0.25) is 0 Å². The molecule has 5 rings (SSSR count). The summed E-state index contributed by atoms with van der Waals surface area (Å²) in [7, 11) is 1.58. The Labute approximate surface area is 232 Å². The Hall–Kier alpha value is -4.63. The first kappa shape index (κ1) is 27.0. The van der Waals surface area contributed by atoms with Gasteiger partial charge < -0.3 is 24.8 Å². The smallest absolute Gasteiger partial charge is 0.299 e. The summed E-state index contributed by atoms with van der Waals surface area (Å²) in [5, 5.41) is 10.5. The maximum atomic E-state index is 13.7. The number of hydrogen-bond donors (Lipinski definition) is 2. The molecule has 9 nitrogen and oxygen atoms in total. The van der Waals surface area contributed by atoms with E-state index in [0.717, 1.165) is 30.6 Å². The van der Waals surface area contributed by atoms with Crippen molar-refractivity contribution in [1.82, 2.24) is 15.1 Å². The van der Waals surface area contributed by atoms with Crippen LogP contribution in [0.5, 0.6) is 17.2 Å². The molecular weight excluding hydrogens is 508 g/mol. The number of aryl methyl sites for hydroxylation is 1. The van der Waals surface area contributed by atoms with Gasteiger partial charge in [0.2, 0.25) is 0 Å². The molecule has 3 aromatic carbocycles. The van der Waals surface area contributed by atoms with Crippen molar-refractivity contribution in [2.75, 3.05) is 25.6 Å². The zero-order chi connectivity index (χ0) is 28.1. The SMILES string of the molecule is COc1ccc(-n2ncc(Oc3cccc(C)c3C)c(Nc3ccc(C(=O)NC[C@@H]4CCCO4)cc3)c2=O)cc1. The third-order valence-electron chi connectivity index (χ3n) is 6.97. The molecule has 1 saturated heterocycles. The van der Waals surface area contributed by atoms with Gasteiger partial charge in [-0.2, -0.15) is 9.78 Å². The summed E-state index contributed by atoms with van der Waals surface area (Å²) in [6, 6.07) is 19.7. The van der Waals surface area contributed by atoms with Gasteiger partial charge in [-0.3, -0.25) is 9.59 Å². The second-order valence-electron chi connectivity index (χ2n) is 9.65. The second kappa shape index (κ2) is 12.0. The number of nitrogens with zero attached hydrogens (tertiary/aromatic N) is 2. The Morgan fingerprint density at radius 3 is 2.52 bits per heavy atom. The molecule has 1 amide bonds. The van der Waals surface area contributed by atoms with E-state index in [4.69, 9.17) is 14.2 Å². The van der Waals surface area contributed by atoms with Crippen molar-refractivity contribution in [3.63, 3.8) is 0 Å².